The topological polar surface area (TPSA) is 39.4 Å². The van der Waals surface area contributed by atoms with Gasteiger partial charge in [-0.05, 0) is 0 Å². The van der Waals surface area contributed by atoms with Gasteiger partial charge in [0.1, 0.15) is 5.71 Å². The summed E-state index contributed by atoms with van der Waals surface area (Å²) in [5, 5.41) is 4.31. The van der Waals surface area contributed by atoms with Gasteiger partial charge < -0.3 is 9.40 Å². The lowest BCUT2D eigenvalue weighted by molar-refractivity contribution is 0.0842. The summed E-state index contributed by atoms with van der Waals surface area (Å²) in [6, 6.07) is 20.0. The molecule has 4 heteroatoms. The smallest absolute Gasteiger partial charge is 0.194 e. The summed E-state index contributed by atoms with van der Waals surface area (Å²) in [5.74, 6) is 0. The van der Waals surface area contributed by atoms with E-state index in [1.807, 2.05) is 71.4 Å². The Morgan fingerprint density at radius 2 is 1.57 bits per heavy atom. The maximum Gasteiger partial charge on any atom is 0.194 e. The van der Waals surface area contributed by atoms with Crippen LogP contribution in [0.15, 0.2) is 84.5 Å². The summed E-state index contributed by atoms with van der Waals surface area (Å²) in [6.45, 7) is 0.336. The average molecular weight is 277 g/mol. The van der Waals surface area contributed by atoms with Crippen molar-refractivity contribution in [2.75, 3.05) is 0 Å². The molecule has 0 saturated carbocycles. The Balaban J connectivity index is 1.85. The predicted molar refractivity (Wildman–Crippen MR) is 81.8 cm³/mol. The second-order valence-electron chi connectivity index (χ2n) is 4.51. The minimum atomic E-state index is 0.336. The number of hydrogen-bond donors (Lipinski definition) is 0. The lowest BCUT2D eigenvalue weighted by Gasteiger charge is -2.07. The van der Waals surface area contributed by atoms with Gasteiger partial charge in [-0.3, -0.25) is 0 Å². The minimum absolute atomic E-state index is 0.336. The molecule has 0 radical (unpaired) electrons. The van der Waals surface area contributed by atoms with Crippen LogP contribution >= 0.6 is 0 Å². The Kier molecular flexibility index (Phi) is 4.07. The van der Waals surface area contributed by atoms with E-state index in [1.165, 1.54) is 0 Å². The first kappa shape index (κ1) is 13.1. The highest BCUT2D eigenvalue weighted by Gasteiger charge is 2.06. The molecular formula is C17H15N3O. The molecule has 2 aromatic carbocycles. The van der Waals surface area contributed by atoms with Gasteiger partial charge >= 0.3 is 0 Å². The Hall–Kier alpha value is -2.88. The van der Waals surface area contributed by atoms with E-state index < -0.39 is 0 Å². The second kappa shape index (κ2) is 6.52. The van der Waals surface area contributed by atoms with Gasteiger partial charge in [0.15, 0.2) is 6.73 Å². The molecule has 0 aliphatic rings. The van der Waals surface area contributed by atoms with E-state index in [0.717, 1.165) is 16.8 Å². The van der Waals surface area contributed by atoms with Crippen LogP contribution in [0.5, 0.6) is 0 Å². The number of hydrogen-bond acceptors (Lipinski definition) is 3. The fourth-order valence-corrected chi connectivity index (χ4v) is 1.99. The molecule has 0 fully saturated rings. The average Bonchev–Trinajstić information content (AvgIpc) is 3.07. The van der Waals surface area contributed by atoms with Crippen molar-refractivity contribution in [2.24, 2.45) is 5.16 Å². The molecule has 4 nitrogen and oxygen atoms in total. The highest BCUT2D eigenvalue weighted by molar-refractivity contribution is 6.12. The third kappa shape index (κ3) is 3.36. The normalized spacial score (nSPS) is 10.1. The summed E-state index contributed by atoms with van der Waals surface area (Å²) in [5.41, 5.74) is 2.86. The van der Waals surface area contributed by atoms with Gasteiger partial charge in [-0.2, -0.15) is 0 Å². The Morgan fingerprint density at radius 3 is 2.10 bits per heavy atom. The third-order valence-corrected chi connectivity index (χ3v) is 3.02. The highest BCUT2D eigenvalue weighted by atomic mass is 16.6. The quantitative estimate of drug-likeness (QED) is 0.530. The maximum absolute atomic E-state index is 5.46. The molecule has 0 saturated heterocycles. The van der Waals surface area contributed by atoms with E-state index in [-0.39, 0.29) is 0 Å². The summed E-state index contributed by atoms with van der Waals surface area (Å²) < 4.78 is 1.82. The molecule has 0 amide bonds. The zero-order valence-electron chi connectivity index (χ0n) is 11.5. The first-order valence-corrected chi connectivity index (χ1v) is 6.70. The van der Waals surface area contributed by atoms with Crippen LogP contribution in [0.4, 0.5) is 0 Å². The van der Waals surface area contributed by atoms with Crippen LogP contribution in [-0.2, 0) is 11.6 Å². The monoisotopic (exact) mass is 277 g/mol. The molecule has 104 valence electrons. The molecule has 0 aliphatic carbocycles. The van der Waals surface area contributed by atoms with Crippen LogP contribution in [0.1, 0.15) is 11.1 Å². The van der Waals surface area contributed by atoms with E-state index in [4.69, 9.17) is 4.84 Å². The van der Waals surface area contributed by atoms with E-state index in [9.17, 15) is 0 Å². The summed E-state index contributed by atoms with van der Waals surface area (Å²) in [6.07, 6.45) is 5.24. The van der Waals surface area contributed by atoms with Crippen LogP contribution in [0.25, 0.3) is 0 Å². The Bertz CT molecular complexity index is 650. The fourth-order valence-electron chi connectivity index (χ4n) is 1.99. The van der Waals surface area contributed by atoms with Crippen molar-refractivity contribution < 1.29 is 4.84 Å². The van der Waals surface area contributed by atoms with Crippen molar-refractivity contribution in [3.8, 4) is 0 Å². The molecule has 1 aromatic heterocycles. The zero-order valence-corrected chi connectivity index (χ0v) is 11.5. The van der Waals surface area contributed by atoms with Gasteiger partial charge in [0.05, 0.1) is 6.33 Å². The fraction of sp³-hybridized carbons (Fsp3) is 0.0588. The van der Waals surface area contributed by atoms with Gasteiger partial charge in [0.25, 0.3) is 0 Å². The van der Waals surface area contributed by atoms with Crippen molar-refractivity contribution in [1.29, 1.82) is 0 Å². The lowest BCUT2D eigenvalue weighted by Crippen LogP contribution is -2.05. The van der Waals surface area contributed by atoms with E-state index in [1.54, 1.807) is 12.5 Å². The predicted octanol–water partition coefficient (Wildman–Crippen LogP) is 3.31. The molecular weight excluding hydrogens is 262 g/mol. The first-order chi connectivity index (χ1) is 10.4. The number of oxime groups is 1. The highest BCUT2D eigenvalue weighted by Crippen LogP contribution is 2.11. The standard InChI is InChI=1S/C17H15N3O/c1-3-7-15(8-4-1)17(16-9-5-2-6-10-16)19-21-14-20-12-11-18-13-20/h1-13H,14H2. The summed E-state index contributed by atoms with van der Waals surface area (Å²) >= 11 is 0. The number of rotatable bonds is 5. The third-order valence-electron chi connectivity index (χ3n) is 3.02. The second-order valence-corrected chi connectivity index (χ2v) is 4.51. The van der Waals surface area contributed by atoms with Gasteiger partial charge in [-0.15, -0.1) is 0 Å². The molecule has 0 unspecified atom stereocenters. The van der Waals surface area contributed by atoms with E-state index in [2.05, 4.69) is 10.1 Å². The molecule has 3 aromatic rings. The Labute approximate surface area is 123 Å². The SMILES string of the molecule is c1ccc(C(=NOCn2ccnc2)c2ccccc2)cc1. The Morgan fingerprint density at radius 1 is 0.952 bits per heavy atom. The number of nitrogens with zero attached hydrogens (tertiary/aromatic N) is 3. The molecule has 0 N–H and O–H groups in total. The van der Waals surface area contributed by atoms with Crippen LogP contribution in [-0.4, -0.2) is 15.3 Å². The van der Waals surface area contributed by atoms with Crippen molar-refractivity contribution in [1.82, 2.24) is 9.55 Å². The van der Waals surface area contributed by atoms with Crippen molar-refractivity contribution in [3.05, 3.63) is 90.5 Å². The number of benzene rings is 2. The van der Waals surface area contributed by atoms with Crippen molar-refractivity contribution >= 4 is 5.71 Å². The van der Waals surface area contributed by atoms with E-state index in [0.29, 0.717) is 6.73 Å². The van der Waals surface area contributed by atoms with Crippen molar-refractivity contribution in [2.45, 2.75) is 6.73 Å². The van der Waals surface area contributed by atoms with Gasteiger partial charge in [-0.25, -0.2) is 4.98 Å². The molecule has 0 atom stereocenters. The molecule has 21 heavy (non-hydrogen) atoms. The zero-order chi connectivity index (χ0) is 14.3. The molecule has 1 heterocycles. The number of aromatic nitrogens is 2. The first-order valence-electron chi connectivity index (χ1n) is 6.70. The molecule has 0 bridgehead atoms. The molecule has 3 rings (SSSR count). The summed E-state index contributed by atoms with van der Waals surface area (Å²) in [7, 11) is 0. The maximum atomic E-state index is 5.46. The molecule has 0 spiro atoms. The van der Waals surface area contributed by atoms with Gasteiger partial charge in [-0.1, -0.05) is 65.8 Å². The largest absolute Gasteiger partial charge is 0.373 e. The molecule has 0 aliphatic heterocycles. The van der Waals surface area contributed by atoms with Crippen molar-refractivity contribution in [3.63, 3.8) is 0 Å². The lowest BCUT2D eigenvalue weighted by atomic mass is 10.0. The van der Waals surface area contributed by atoms with Crippen LogP contribution in [0.2, 0.25) is 0 Å². The van der Waals surface area contributed by atoms with Crippen LogP contribution < -0.4 is 0 Å². The van der Waals surface area contributed by atoms with Gasteiger partial charge in [0.2, 0.25) is 0 Å². The van der Waals surface area contributed by atoms with Crippen LogP contribution in [0, 0.1) is 0 Å². The van der Waals surface area contributed by atoms with Crippen LogP contribution in [0.3, 0.4) is 0 Å². The minimum Gasteiger partial charge on any atom is -0.373 e. The van der Waals surface area contributed by atoms with Gasteiger partial charge in [0, 0.05) is 23.5 Å². The van der Waals surface area contributed by atoms with E-state index >= 15 is 0 Å². The summed E-state index contributed by atoms with van der Waals surface area (Å²) in [4.78, 5) is 9.43. The number of imidazole rings is 1.